The molecule has 9 heteroatoms. The predicted octanol–water partition coefficient (Wildman–Crippen LogP) is 2.47. The molecule has 1 aliphatic rings. The summed E-state index contributed by atoms with van der Waals surface area (Å²) in [4.78, 5) is 42.5. The van der Waals surface area contributed by atoms with E-state index in [1.807, 2.05) is 0 Å². The zero-order valence-electron chi connectivity index (χ0n) is 15.3. The van der Waals surface area contributed by atoms with Crippen LogP contribution in [-0.4, -0.2) is 43.8 Å². The first-order chi connectivity index (χ1) is 14.1. The summed E-state index contributed by atoms with van der Waals surface area (Å²) in [6, 6.07) is 10.1. The SMILES string of the molecule is C=CCSc1ncccc1-c1nn(CCN2C(=O)c3ccccc3C2=O)c(=O)o1. The molecule has 0 saturated heterocycles. The summed E-state index contributed by atoms with van der Waals surface area (Å²) >= 11 is 1.45. The van der Waals surface area contributed by atoms with Crippen LogP contribution in [0.15, 0.2) is 69.5 Å². The average molecular weight is 408 g/mol. The molecule has 3 aromatic rings. The third-order valence-electron chi connectivity index (χ3n) is 4.36. The van der Waals surface area contributed by atoms with Gasteiger partial charge in [-0.05, 0) is 24.3 Å². The van der Waals surface area contributed by atoms with Crippen LogP contribution in [0.2, 0.25) is 0 Å². The number of rotatable bonds is 7. The Morgan fingerprint density at radius 3 is 2.38 bits per heavy atom. The lowest BCUT2D eigenvalue weighted by Gasteiger charge is -2.12. The molecule has 2 aromatic heterocycles. The van der Waals surface area contributed by atoms with E-state index in [1.165, 1.54) is 11.8 Å². The fraction of sp³-hybridized carbons (Fsp3) is 0.150. The molecule has 4 rings (SSSR count). The molecule has 3 heterocycles. The first kappa shape index (κ1) is 18.9. The number of aromatic nitrogens is 3. The van der Waals surface area contributed by atoms with Crippen molar-refractivity contribution in [3.8, 4) is 11.5 Å². The Hall–Kier alpha value is -3.46. The normalized spacial score (nSPS) is 13.0. The van der Waals surface area contributed by atoms with Gasteiger partial charge in [-0.15, -0.1) is 23.4 Å². The maximum absolute atomic E-state index is 12.4. The van der Waals surface area contributed by atoms with E-state index in [2.05, 4.69) is 16.7 Å². The van der Waals surface area contributed by atoms with Crippen molar-refractivity contribution < 1.29 is 14.0 Å². The summed E-state index contributed by atoms with van der Waals surface area (Å²) in [6.07, 6.45) is 3.40. The lowest BCUT2D eigenvalue weighted by atomic mass is 10.1. The number of fused-ring (bicyclic) bond motifs is 1. The van der Waals surface area contributed by atoms with E-state index in [0.29, 0.717) is 27.5 Å². The molecule has 2 amide bonds. The van der Waals surface area contributed by atoms with Crippen molar-refractivity contribution in [1.29, 1.82) is 0 Å². The fourth-order valence-electron chi connectivity index (χ4n) is 3.00. The minimum Gasteiger partial charge on any atom is -0.387 e. The topological polar surface area (TPSA) is 98.3 Å². The number of amides is 2. The average Bonchev–Trinajstić information content (AvgIpc) is 3.23. The van der Waals surface area contributed by atoms with Crippen molar-refractivity contribution in [1.82, 2.24) is 19.7 Å². The fourth-order valence-corrected chi connectivity index (χ4v) is 3.72. The van der Waals surface area contributed by atoms with Crippen molar-refractivity contribution in [3.05, 3.63) is 76.9 Å². The minimum absolute atomic E-state index is 0.0172. The van der Waals surface area contributed by atoms with Crippen molar-refractivity contribution in [3.63, 3.8) is 0 Å². The van der Waals surface area contributed by atoms with Gasteiger partial charge in [-0.3, -0.25) is 14.5 Å². The lowest BCUT2D eigenvalue weighted by molar-refractivity contribution is 0.0646. The van der Waals surface area contributed by atoms with Gasteiger partial charge in [0.05, 0.1) is 23.2 Å². The number of nitrogens with zero attached hydrogens (tertiary/aromatic N) is 4. The maximum atomic E-state index is 12.4. The summed E-state index contributed by atoms with van der Waals surface area (Å²) in [6.45, 7) is 3.73. The van der Waals surface area contributed by atoms with E-state index in [1.54, 1.807) is 48.7 Å². The Morgan fingerprint density at radius 1 is 1.00 bits per heavy atom. The van der Waals surface area contributed by atoms with E-state index >= 15 is 0 Å². The molecule has 1 aromatic carbocycles. The summed E-state index contributed by atoms with van der Waals surface area (Å²) in [7, 11) is 0. The van der Waals surface area contributed by atoms with Crippen molar-refractivity contribution in [2.75, 3.05) is 12.3 Å². The lowest BCUT2D eigenvalue weighted by Crippen LogP contribution is -2.34. The van der Waals surface area contributed by atoms with Crippen LogP contribution in [0.4, 0.5) is 0 Å². The highest BCUT2D eigenvalue weighted by molar-refractivity contribution is 7.99. The quantitative estimate of drug-likeness (QED) is 0.336. The summed E-state index contributed by atoms with van der Waals surface area (Å²) in [5.41, 5.74) is 1.32. The molecule has 146 valence electrons. The second kappa shape index (κ2) is 7.88. The van der Waals surface area contributed by atoms with Crippen LogP contribution < -0.4 is 5.76 Å². The number of hydrogen-bond acceptors (Lipinski definition) is 7. The molecule has 0 unspecified atom stereocenters. The smallest absolute Gasteiger partial charge is 0.387 e. The van der Waals surface area contributed by atoms with E-state index in [4.69, 9.17) is 4.42 Å². The monoisotopic (exact) mass is 408 g/mol. The summed E-state index contributed by atoms with van der Waals surface area (Å²) < 4.78 is 6.39. The molecular weight excluding hydrogens is 392 g/mol. The van der Waals surface area contributed by atoms with E-state index < -0.39 is 5.76 Å². The summed E-state index contributed by atoms with van der Waals surface area (Å²) in [5, 5.41) is 4.89. The molecule has 8 nitrogen and oxygen atoms in total. The first-order valence-electron chi connectivity index (χ1n) is 8.82. The van der Waals surface area contributed by atoms with Gasteiger partial charge in [-0.1, -0.05) is 18.2 Å². The largest absolute Gasteiger partial charge is 0.437 e. The number of benzene rings is 1. The van der Waals surface area contributed by atoms with Crippen LogP contribution >= 0.6 is 11.8 Å². The van der Waals surface area contributed by atoms with E-state index in [0.717, 1.165) is 9.58 Å². The number of pyridine rings is 1. The standard InChI is InChI=1S/C20H16N4O4S/c1-2-12-29-17-15(8-5-9-21-17)16-22-24(20(27)28-16)11-10-23-18(25)13-6-3-4-7-14(13)19(23)26/h2-9H,1,10-12H2. The highest BCUT2D eigenvalue weighted by Gasteiger charge is 2.34. The Morgan fingerprint density at radius 2 is 1.69 bits per heavy atom. The maximum Gasteiger partial charge on any atom is 0.437 e. The molecule has 29 heavy (non-hydrogen) atoms. The molecular formula is C20H16N4O4S. The van der Waals surface area contributed by atoms with Crippen LogP contribution in [0.25, 0.3) is 11.5 Å². The summed E-state index contributed by atoms with van der Waals surface area (Å²) in [5.74, 6) is -0.637. The second-order valence-corrected chi connectivity index (χ2v) is 7.17. The van der Waals surface area contributed by atoms with Crippen LogP contribution in [-0.2, 0) is 6.54 Å². The van der Waals surface area contributed by atoms with Gasteiger partial charge in [0.1, 0.15) is 5.03 Å². The Bertz CT molecular complexity index is 1130. The number of hydrogen-bond donors (Lipinski definition) is 0. The highest BCUT2D eigenvalue weighted by atomic mass is 32.2. The Kier molecular flexibility index (Phi) is 5.13. The van der Waals surface area contributed by atoms with Gasteiger partial charge < -0.3 is 4.42 Å². The van der Waals surface area contributed by atoms with E-state index in [-0.39, 0.29) is 30.8 Å². The van der Waals surface area contributed by atoms with Gasteiger partial charge in [0, 0.05) is 18.5 Å². The van der Waals surface area contributed by atoms with Gasteiger partial charge >= 0.3 is 5.76 Å². The molecule has 1 aliphatic heterocycles. The molecule has 0 spiro atoms. The van der Waals surface area contributed by atoms with Gasteiger partial charge in [0.2, 0.25) is 0 Å². The molecule has 0 N–H and O–H groups in total. The Labute approximate surface area is 169 Å². The zero-order chi connectivity index (χ0) is 20.4. The number of carbonyl (C=O) groups is 2. The Balaban J connectivity index is 1.53. The van der Waals surface area contributed by atoms with Crippen LogP contribution in [0.1, 0.15) is 20.7 Å². The van der Waals surface area contributed by atoms with Crippen LogP contribution in [0.5, 0.6) is 0 Å². The van der Waals surface area contributed by atoms with Crippen LogP contribution in [0, 0.1) is 0 Å². The highest BCUT2D eigenvalue weighted by Crippen LogP contribution is 2.27. The van der Waals surface area contributed by atoms with Gasteiger partial charge in [-0.25, -0.2) is 9.78 Å². The zero-order valence-corrected chi connectivity index (χ0v) is 16.1. The number of carbonyl (C=O) groups excluding carboxylic acids is 2. The number of thioether (sulfide) groups is 1. The van der Waals surface area contributed by atoms with Crippen molar-refractivity contribution in [2.24, 2.45) is 0 Å². The van der Waals surface area contributed by atoms with Gasteiger partial charge in [0.25, 0.3) is 17.7 Å². The number of imide groups is 1. The molecule has 0 bridgehead atoms. The van der Waals surface area contributed by atoms with Crippen molar-refractivity contribution >= 4 is 23.6 Å². The van der Waals surface area contributed by atoms with Gasteiger partial charge in [0.15, 0.2) is 0 Å². The first-order valence-corrected chi connectivity index (χ1v) is 9.81. The van der Waals surface area contributed by atoms with E-state index in [9.17, 15) is 14.4 Å². The predicted molar refractivity (Wildman–Crippen MR) is 107 cm³/mol. The van der Waals surface area contributed by atoms with Crippen molar-refractivity contribution in [2.45, 2.75) is 11.6 Å². The second-order valence-electron chi connectivity index (χ2n) is 6.16. The molecule has 0 radical (unpaired) electrons. The molecule has 0 fully saturated rings. The molecule has 0 atom stereocenters. The molecule has 0 saturated carbocycles. The third-order valence-corrected chi connectivity index (χ3v) is 5.36. The van der Waals surface area contributed by atoms with Gasteiger partial charge in [-0.2, -0.15) is 4.68 Å². The third kappa shape index (κ3) is 3.52. The minimum atomic E-state index is -0.667. The molecule has 0 aliphatic carbocycles. The van der Waals surface area contributed by atoms with Crippen LogP contribution in [0.3, 0.4) is 0 Å².